The minimum Gasteiger partial charge on any atom is -0.440 e. The van der Waals surface area contributed by atoms with Gasteiger partial charge in [0, 0.05) is 14.1 Å². The van der Waals surface area contributed by atoms with Crippen molar-refractivity contribution < 1.29 is 13.6 Å². The van der Waals surface area contributed by atoms with Crippen LogP contribution in [-0.4, -0.2) is 29.9 Å². The SMILES string of the molecule is Cc1oc(-c2ccccc2F)nc1C(=O)N(C)C. The van der Waals surface area contributed by atoms with Crippen LogP contribution in [0.15, 0.2) is 28.7 Å². The number of benzene rings is 1. The third-order valence-corrected chi connectivity index (χ3v) is 2.51. The molecule has 1 amide bonds. The maximum Gasteiger partial charge on any atom is 0.275 e. The van der Waals surface area contributed by atoms with Crippen LogP contribution < -0.4 is 0 Å². The summed E-state index contributed by atoms with van der Waals surface area (Å²) >= 11 is 0. The van der Waals surface area contributed by atoms with Crippen LogP contribution in [0, 0.1) is 12.7 Å². The summed E-state index contributed by atoms with van der Waals surface area (Å²) < 4.78 is 18.9. The first kappa shape index (κ1) is 12.3. The van der Waals surface area contributed by atoms with E-state index in [4.69, 9.17) is 4.42 Å². The molecule has 0 spiro atoms. The molecule has 0 radical (unpaired) electrons. The predicted octanol–water partition coefficient (Wildman–Crippen LogP) is 2.49. The first-order valence-electron chi connectivity index (χ1n) is 5.44. The molecule has 0 fully saturated rings. The number of hydrogen-bond donors (Lipinski definition) is 0. The fourth-order valence-corrected chi connectivity index (χ4v) is 1.56. The van der Waals surface area contributed by atoms with Gasteiger partial charge in [0.25, 0.3) is 5.91 Å². The van der Waals surface area contributed by atoms with Crippen LogP contribution in [-0.2, 0) is 0 Å². The molecule has 0 atom stereocenters. The zero-order valence-electron chi connectivity index (χ0n) is 10.4. The molecule has 1 heterocycles. The third kappa shape index (κ3) is 2.11. The Kier molecular flexibility index (Phi) is 3.14. The highest BCUT2D eigenvalue weighted by molar-refractivity contribution is 5.93. The van der Waals surface area contributed by atoms with Gasteiger partial charge in [0.15, 0.2) is 5.69 Å². The molecule has 2 rings (SSSR count). The van der Waals surface area contributed by atoms with Crippen molar-refractivity contribution in [1.29, 1.82) is 0 Å². The Morgan fingerprint density at radius 2 is 2.00 bits per heavy atom. The minimum absolute atomic E-state index is 0.121. The molecule has 94 valence electrons. The van der Waals surface area contributed by atoms with Crippen molar-refractivity contribution in [3.63, 3.8) is 0 Å². The normalized spacial score (nSPS) is 10.4. The summed E-state index contributed by atoms with van der Waals surface area (Å²) in [4.78, 5) is 17.3. The average Bonchev–Trinajstić information content (AvgIpc) is 2.70. The Morgan fingerprint density at radius 3 is 2.61 bits per heavy atom. The standard InChI is InChI=1S/C13H13FN2O2/c1-8-11(13(17)16(2)3)15-12(18-8)9-6-4-5-7-10(9)14/h4-7H,1-3H3. The van der Waals surface area contributed by atoms with Crippen molar-refractivity contribution in [3.05, 3.63) is 41.5 Å². The summed E-state index contributed by atoms with van der Waals surface area (Å²) in [6, 6.07) is 6.15. The topological polar surface area (TPSA) is 46.3 Å². The van der Waals surface area contributed by atoms with Crippen LogP contribution >= 0.6 is 0 Å². The van der Waals surface area contributed by atoms with Gasteiger partial charge >= 0.3 is 0 Å². The fraction of sp³-hybridized carbons (Fsp3) is 0.231. The number of halogens is 1. The van der Waals surface area contributed by atoms with Gasteiger partial charge in [-0.2, -0.15) is 0 Å². The molecule has 0 aliphatic heterocycles. The number of aromatic nitrogens is 1. The lowest BCUT2D eigenvalue weighted by atomic mass is 10.2. The second kappa shape index (κ2) is 4.60. The van der Waals surface area contributed by atoms with Crippen molar-refractivity contribution in [2.24, 2.45) is 0 Å². The molecule has 18 heavy (non-hydrogen) atoms. The zero-order chi connectivity index (χ0) is 13.3. The summed E-state index contributed by atoms with van der Waals surface area (Å²) in [5.74, 6) is -0.191. The number of nitrogens with zero attached hydrogens (tertiary/aromatic N) is 2. The predicted molar refractivity (Wildman–Crippen MR) is 64.7 cm³/mol. The van der Waals surface area contributed by atoms with Crippen LogP contribution in [0.25, 0.3) is 11.5 Å². The summed E-state index contributed by atoms with van der Waals surface area (Å²) in [5, 5.41) is 0. The van der Waals surface area contributed by atoms with E-state index in [9.17, 15) is 9.18 Å². The second-order valence-electron chi connectivity index (χ2n) is 4.10. The average molecular weight is 248 g/mol. The Balaban J connectivity index is 2.47. The van der Waals surface area contributed by atoms with E-state index in [1.165, 1.54) is 11.0 Å². The molecule has 0 saturated heterocycles. The highest BCUT2D eigenvalue weighted by atomic mass is 19.1. The number of rotatable bonds is 2. The van der Waals surface area contributed by atoms with E-state index in [0.717, 1.165) is 0 Å². The van der Waals surface area contributed by atoms with Gasteiger partial charge < -0.3 is 9.32 Å². The van der Waals surface area contributed by atoms with Gasteiger partial charge in [-0.1, -0.05) is 12.1 Å². The molecule has 0 bridgehead atoms. The van der Waals surface area contributed by atoms with Gasteiger partial charge in [-0.15, -0.1) is 0 Å². The van der Waals surface area contributed by atoms with Crippen molar-refractivity contribution >= 4 is 5.91 Å². The molecular weight excluding hydrogens is 235 g/mol. The van der Waals surface area contributed by atoms with Crippen LogP contribution in [0.4, 0.5) is 4.39 Å². The number of carbonyl (C=O) groups excluding carboxylic acids is 1. The van der Waals surface area contributed by atoms with Crippen LogP contribution in [0.5, 0.6) is 0 Å². The molecular formula is C13H13FN2O2. The highest BCUT2D eigenvalue weighted by Crippen LogP contribution is 2.24. The van der Waals surface area contributed by atoms with E-state index in [2.05, 4.69) is 4.98 Å². The summed E-state index contributed by atoms with van der Waals surface area (Å²) in [5.41, 5.74) is 0.455. The molecule has 0 aliphatic rings. The van der Waals surface area contributed by atoms with Crippen LogP contribution in [0.2, 0.25) is 0 Å². The minimum atomic E-state index is -0.428. The monoisotopic (exact) mass is 248 g/mol. The summed E-state index contributed by atoms with van der Waals surface area (Å²) in [6.45, 7) is 1.63. The molecule has 0 unspecified atom stereocenters. The zero-order valence-corrected chi connectivity index (χ0v) is 10.4. The lowest BCUT2D eigenvalue weighted by Gasteiger charge is -2.06. The largest absolute Gasteiger partial charge is 0.440 e. The maximum atomic E-state index is 13.6. The van der Waals surface area contributed by atoms with E-state index >= 15 is 0 Å². The Morgan fingerprint density at radius 1 is 1.33 bits per heavy atom. The van der Waals surface area contributed by atoms with Crippen molar-refractivity contribution in [2.45, 2.75) is 6.92 Å². The van der Waals surface area contributed by atoms with E-state index in [-0.39, 0.29) is 23.1 Å². The Bertz CT molecular complexity index is 590. The molecule has 1 aromatic carbocycles. The van der Waals surface area contributed by atoms with Crippen LogP contribution in [0.3, 0.4) is 0 Å². The first-order chi connectivity index (χ1) is 8.50. The summed E-state index contributed by atoms with van der Waals surface area (Å²) in [6.07, 6.45) is 0. The molecule has 2 aromatic rings. The number of hydrogen-bond acceptors (Lipinski definition) is 3. The lowest BCUT2D eigenvalue weighted by molar-refractivity contribution is 0.0821. The quantitative estimate of drug-likeness (QED) is 0.820. The molecule has 5 heteroatoms. The molecule has 0 saturated carbocycles. The van der Waals surface area contributed by atoms with E-state index in [1.54, 1.807) is 39.2 Å². The van der Waals surface area contributed by atoms with E-state index < -0.39 is 5.82 Å². The second-order valence-corrected chi connectivity index (χ2v) is 4.10. The van der Waals surface area contributed by atoms with Crippen molar-refractivity contribution in [2.75, 3.05) is 14.1 Å². The van der Waals surface area contributed by atoms with Crippen LogP contribution in [0.1, 0.15) is 16.2 Å². The van der Waals surface area contributed by atoms with Crippen molar-refractivity contribution in [3.8, 4) is 11.5 Å². The smallest absolute Gasteiger partial charge is 0.275 e. The Hall–Kier alpha value is -2.17. The Labute approximate surface area is 104 Å². The maximum absolute atomic E-state index is 13.6. The third-order valence-electron chi connectivity index (χ3n) is 2.51. The number of amides is 1. The molecule has 0 N–H and O–H groups in total. The molecule has 1 aromatic heterocycles. The van der Waals surface area contributed by atoms with Gasteiger partial charge in [-0.3, -0.25) is 4.79 Å². The fourth-order valence-electron chi connectivity index (χ4n) is 1.56. The number of aryl methyl sites for hydroxylation is 1. The van der Waals surface area contributed by atoms with Gasteiger partial charge in [-0.25, -0.2) is 9.37 Å². The van der Waals surface area contributed by atoms with Gasteiger partial charge in [0.1, 0.15) is 11.6 Å². The van der Waals surface area contributed by atoms with Gasteiger partial charge in [-0.05, 0) is 19.1 Å². The lowest BCUT2D eigenvalue weighted by Crippen LogP contribution is -2.22. The molecule has 0 aliphatic carbocycles. The molecule has 4 nitrogen and oxygen atoms in total. The number of carbonyl (C=O) groups is 1. The first-order valence-corrected chi connectivity index (χ1v) is 5.44. The van der Waals surface area contributed by atoms with Gasteiger partial charge in [0.2, 0.25) is 5.89 Å². The number of oxazole rings is 1. The summed E-state index contributed by atoms with van der Waals surface area (Å²) in [7, 11) is 3.25. The van der Waals surface area contributed by atoms with Gasteiger partial charge in [0.05, 0.1) is 5.56 Å². The van der Waals surface area contributed by atoms with E-state index in [1.807, 2.05) is 0 Å². The van der Waals surface area contributed by atoms with E-state index in [0.29, 0.717) is 5.76 Å². The van der Waals surface area contributed by atoms with Crippen molar-refractivity contribution in [1.82, 2.24) is 9.88 Å². The highest BCUT2D eigenvalue weighted by Gasteiger charge is 2.20.